The predicted octanol–water partition coefficient (Wildman–Crippen LogP) is 1.49. The number of carboxylic acids is 1. The topological polar surface area (TPSA) is 69.6 Å². The summed E-state index contributed by atoms with van der Waals surface area (Å²) in [7, 11) is 0. The van der Waals surface area contributed by atoms with Gasteiger partial charge in [-0.3, -0.25) is 9.59 Å². The Hall–Kier alpha value is -1.88. The first kappa shape index (κ1) is 15.2. The second kappa shape index (κ2) is 7.53. The Morgan fingerprint density at radius 3 is 2.42 bits per heavy atom. The van der Waals surface area contributed by atoms with Gasteiger partial charge < -0.3 is 15.3 Å². The van der Waals surface area contributed by atoms with Crippen molar-refractivity contribution in [3.63, 3.8) is 0 Å². The van der Waals surface area contributed by atoms with Gasteiger partial charge in [-0.2, -0.15) is 0 Å². The summed E-state index contributed by atoms with van der Waals surface area (Å²) in [6.07, 6.45) is 0.278. The molecule has 1 aromatic rings. The summed E-state index contributed by atoms with van der Waals surface area (Å²) in [5.74, 6) is -1.21. The minimum absolute atomic E-state index is 0.193. The number of nitrogens with one attached hydrogen (secondary N) is 1. The second-order valence-corrected chi connectivity index (χ2v) is 4.57. The Balaban J connectivity index is 2.69. The number of carboxylic acid groups (broad SMARTS) is 1. The Bertz CT molecular complexity index is 418. The number of carbonyl (C=O) groups excluding carboxylic acids is 1. The third-order valence-electron chi connectivity index (χ3n) is 2.55. The number of benzene rings is 1. The van der Waals surface area contributed by atoms with E-state index in [2.05, 4.69) is 5.32 Å². The van der Waals surface area contributed by atoms with Gasteiger partial charge in [-0.15, -0.1) is 0 Å². The molecule has 104 valence electrons. The first-order chi connectivity index (χ1) is 9.00. The molecule has 0 bridgehead atoms. The highest BCUT2D eigenvalue weighted by Crippen LogP contribution is 2.14. The lowest BCUT2D eigenvalue weighted by Crippen LogP contribution is -2.38. The Labute approximate surface area is 113 Å². The average Bonchev–Trinajstić information content (AvgIpc) is 2.36. The molecule has 0 aliphatic heterocycles. The summed E-state index contributed by atoms with van der Waals surface area (Å²) in [6.45, 7) is 4.22. The molecule has 5 heteroatoms. The summed E-state index contributed by atoms with van der Waals surface area (Å²) in [5, 5.41) is 12.0. The van der Waals surface area contributed by atoms with E-state index in [9.17, 15) is 9.59 Å². The lowest BCUT2D eigenvalue weighted by molar-refractivity contribution is -0.136. The number of nitrogens with zero attached hydrogens (tertiary/aromatic N) is 1. The summed E-state index contributed by atoms with van der Waals surface area (Å²) >= 11 is 0. The van der Waals surface area contributed by atoms with Crippen LogP contribution in [0.3, 0.4) is 0 Å². The summed E-state index contributed by atoms with van der Waals surface area (Å²) in [6, 6.07) is 9.16. The first-order valence-electron chi connectivity index (χ1n) is 6.31. The van der Waals surface area contributed by atoms with Gasteiger partial charge in [0.05, 0.1) is 0 Å². The van der Waals surface area contributed by atoms with Crippen LogP contribution >= 0.6 is 0 Å². The molecule has 0 aromatic heterocycles. The SMILES string of the molecule is CC(C)NCCC(=O)N(CC(=O)O)c1ccccc1. The molecule has 1 aromatic carbocycles. The van der Waals surface area contributed by atoms with Crippen LogP contribution in [0.15, 0.2) is 30.3 Å². The summed E-state index contributed by atoms with van der Waals surface area (Å²) < 4.78 is 0. The fourth-order valence-corrected chi connectivity index (χ4v) is 1.67. The van der Waals surface area contributed by atoms with Crippen molar-refractivity contribution in [2.75, 3.05) is 18.0 Å². The number of anilines is 1. The van der Waals surface area contributed by atoms with E-state index < -0.39 is 5.97 Å². The van der Waals surface area contributed by atoms with Crippen LogP contribution in [-0.4, -0.2) is 36.1 Å². The summed E-state index contributed by atoms with van der Waals surface area (Å²) in [5.41, 5.74) is 0.611. The normalized spacial score (nSPS) is 10.5. The lowest BCUT2D eigenvalue weighted by atomic mass is 10.2. The van der Waals surface area contributed by atoms with E-state index in [1.165, 1.54) is 4.90 Å². The van der Waals surface area contributed by atoms with E-state index in [4.69, 9.17) is 5.11 Å². The summed E-state index contributed by atoms with van der Waals surface area (Å²) in [4.78, 5) is 24.2. The van der Waals surface area contributed by atoms with Gasteiger partial charge in [-0.05, 0) is 12.1 Å². The third-order valence-corrected chi connectivity index (χ3v) is 2.55. The van der Waals surface area contributed by atoms with Crippen molar-refractivity contribution in [2.24, 2.45) is 0 Å². The zero-order valence-corrected chi connectivity index (χ0v) is 11.3. The number of amides is 1. The fraction of sp³-hybridized carbons (Fsp3) is 0.429. The van der Waals surface area contributed by atoms with Crippen molar-refractivity contribution in [2.45, 2.75) is 26.3 Å². The molecule has 19 heavy (non-hydrogen) atoms. The maximum absolute atomic E-state index is 12.1. The quantitative estimate of drug-likeness (QED) is 0.783. The highest BCUT2D eigenvalue weighted by molar-refractivity contribution is 5.97. The molecule has 0 radical (unpaired) electrons. The standard InChI is InChI=1S/C14H20N2O3/c1-11(2)15-9-8-13(17)16(10-14(18)19)12-6-4-3-5-7-12/h3-7,11,15H,8-10H2,1-2H3,(H,18,19). The Morgan fingerprint density at radius 2 is 1.89 bits per heavy atom. The first-order valence-corrected chi connectivity index (χ1v) is 6.31. The van der Waals surface area contributed by atoms with E-state index in [1.807, 2.05) is 19.9 Å². The van der Waals surface area contributed by atoms with E-state index in [-0.39, 0.29) is 18.9 Å². The zero-order chi connectivity index (χ0) is 14.3. The molecule has 2 N–H and O–H groups in total. The van der Waals surface area contributed by atoms with Gasteiger partial charge in [0.2, 0.25) is 5.91 Å². The number of hydrogen-bond donors (Lipinski definition) is 2. The molecule has 0 aliphatic carbocycles. The monoisotopic (exact) mass is 264 g/mol. The number of rotatable bonds is 7. The predicted molar refractivity (Wildman–Crippen MR) is 74.2 cm³/mol. The highest BCUT2D eigenvalue weighted by atomic mass is 16.4. The van der Waals surface area contributed by atoms with E-state index in [0.29, 0.717) is 18.3 Å². The molecule has 0 atom stereocenters. The number of aliphatic carboxylic acids is 1. The maximum Gasteiger partial charge on any atom is 0.323 e. The van der Waals surface area contributed by atoms with Crippen molar-refractivity contribution in [1.82, 2.24) is 5.32 Å². The van der Waals surface area contributed by atoms with Crippen LogP contribution in [0, 0.1) is 0 Å². The van der Waals surface area contributed by atoms with Crippen molar-refractivity contribution < 1.29 is 14.7 Å². The Morgan fingerprint density at radius 1 is 1.26 bits per heavy atom. The molecule has 0 saturated heterocycles. The molecule has 1 amide bonds. The van der Waals surface area contributed by atoms with Gasteiger partial charge >= 0.3 is 5.97 Å². The minimum atomic E-state index is -1.02. The van der Waals surface area contributed by atoms with Crippen LogP contribution in [0.4, 0.5) is 5.69 Å². The minimum Gasteiger partial charge on any atom is -0.480 e. The van der Waals surface area contributed by atoms with Crippen LogP contribution in [0.5, 0.6) is 0 Å². The van der Waals surface area contributed by atoms with Gasteiger partial charge in [-0.25, -0.2) is 0 Å². The molecule has 0 heterocycles. The molecule has 0 unspecified atom stereocenters. The molecule has 5 nitrogen and oxygen atoms in total. The Kier molecular flexibility index (Phi) is 6.02. The smallest absolute Gasteiger partial charge is 0.323 e. The average molecular weight is 264 g/mol. The molecular formula is C14H20N2O3. The van der Waals surface area contributed by atoms with Crippen molar-refractivity contribution in [3.8, 4) is 0 Å². The van der Waals surface area contributed by atoms with Crippen molar-refractivity contribution in [3.05, 3.63) is 30.3 Å². The maximum atomic E-state index is 12.1. The third kappa shape index (κ3) is 5.52. The van der Waals surface area contributed by atoms with Crippen LogP contribution < -0.4 is 10.2 Å². The molecular weight excluding hydrogens is 244 g/mol. The van der Waals surface area contributed by atoms with E-state index >= 15 is 0 Å². The van der Waals surface area contributed by atoms with E-state index in [0.717, 1.165) is 0 Å². The highest BCUT2D eigenvalue weighted by Gasteiger charge is 2.18. The second-order valence-electron chi connectivity index (χ2n) is 4.57. The van der Waals surface area contributed by atoms with Gasteiger partial charge in [0.1, 0.15) is 6.54 Å². The van der Waals surface area contributed by atoms with Crippen LogP contribution in [-0.2, 0) is 9.59 Å². The molecule has 0 saturated carbocycles. The molecule has 0 fully saturated rings. The van der Waals surface area contributed by atoms with Crippen molar-refractivity contribution in [1.29, 1.82) is 0 Å². The van der Waals surface area contributed by atoms with Crippen LogP contribution in [0.1, 0.15) is 20.3 Å². The zero-order valence-electron chi connectivity index (χ0n) is 11.3. The largest absolute Gasteiger partial charge is 0.480 e. The van der Waals surface area contributed by atoms with Gasteiger partial charge in [0, 0.05) is 24.7 Å². The van der Waals surface area contributed by atoms with Crippen LogP contribution in [0.25, 0.3) is 0 Å². The number of hydrogen-bond acceptors (Lipinski definition) is 3. The molecule has 1 rings (SSSR count). The van der Waals surface area contributed by atoms with E-state index in [1.54, 1.807) is 24.3 Å². The number of carbonyl (C=O) groups is 2. The molecule has 0 spiro atoms. The fourth-order valence-electron chi connectivity index (χ4n) is 1.67. The van der Waals surface area contributed by atoms with Gasteiger partial charge in [0.15, 0.2) is 0 Å². The van der Waals surface area contributed by atoms with Crippen molar-refractivity contribution >= 4 is 17.6 Å². The molecule has 0 aliphatic rings. The van der Waals surface area contributed by atoms with Gasteiger partial charge in [0.25, 0.3) is 0 Å². The number of para-hydroxylation sites is 1. The van der Waals surface area contributed by atoms with Crippen LogP contribution in [0.2, 0.25) is 0 Å². The lowest BCUT2D eigenvalue weighted by Gasteiger charge is -2.21. The van der Waals surface area contributed by atoms with Gasteiger partial charge in [-0.1, -0.05) is 32.0 Å².